The molecule has 0 atom stereocenters. The monoisotopic (exact) mass is 161 g/mol. The minimum Gasteiger partial charge on any atom is -0.256 e. The molecule has 0 aliphatic heterocycles. The summed E-state index contributed by atoms with van der Waals surface area (Å²) < 4.78 is 0. The lowest BCUT2D eigenvalue weighted by Gasteiger charge is -2.10. The highest BCUT2D eigenvalue weighted by atomic mass is 14.7. The number of hydrogen-bond donors (Lipinski definition) is 0. The fraction of sp³-hybridized carbons (Fsp3) is 0.364. The van der Waals surface area contributed by atoms with Crippen molar-refractivity contribution in [2.45, 2.75) is 26.7 Å². The van der Waals surface area contributed by atoms with Crippen LogP contribution in [-0.2, 0) is 0 Å². The number of allylic oxidation sites excluding steroid dienone is 1. The van der Waals surface area contributed by atoms with E-state index in [4.69, 9.17) is 0 Å². The molecule has 1 heteroatoms. The van der Waals surface area contributed by atoms with Gasteiger partial charge in [0.1, 0.15) is 0 Å². The standard InChI is InChI=1S/C11H15N/c1-8(2)10-6-5-7-12-11(10)9(3)4/h5-8H,3H2,1-2,4H3. The maximum Gasteiger partial charge on any atom is 0.0687 e. The van der Waals surface area contributed by atoms with Crippen molar-refractivity contribution in [2.75, 3.05) is 0 Å². The summed E-state index contributed by atoms with van der Waals surface area (Å²) in [7, 11) is 0. The van der Waals surface area contributed by atoms with Crippen molar-refractivity contribution in [2.24, 2.45) is 0 Å². The summed E-state index contributed by atoms with van der Waals surface area (Å²) in [5.41, 5.74) is 3.37. The molecule has 0 bridgehead atoms. The fourth-order valence-electron chi connectivity index (χ4n) is 1.24. The Kier molecular flexibility index (Phi) is 2.64. The van der Waals surface area contributed by atoms with Crippen LogP contribution < -0.4 is 0 Å². The maximum atomic E-state index is 4.30. The topological polar surface area (TPSA) is 12.9 Å². The van der Waals surface area contributed by atoms with Crippen molar-refractivity contribution >= 4 is 5.57 Å². The van der Waals surface area contributed by atoms with Gasteiger partial charge >= 0.3 is 0 Å². The molecule has 0 fully saturated rings. The lowest BCUT2D eigenvalue weighted by atomic mass is 9.99. The van der Waals surface area contributed by atoms with E-state index < -0.39 is 0 Å². The molecule has 0 amide bonds. The Hall–Kier alpha value is -1.11. The largest absolute Gasteiger partial charge is 0.256 e. The predicted molar refractivity (Wildman–Crippen MR) is 53.0 cm³/mol. The van der Waals surface area contributed by atoms with Gasteiger partial charge in [0.05, 0.1) is 5.69 Å². The molecule has 1 nitrogen and oxygen atoms in total. The van der Waals surface area contributed by atoms with Crippen LogP contribution in [0.3, 0.4) is 0 Å². The summed E-state index contributed by atoms with van der Waals surface area (Å²) in [6, 6.07) is 4.09. The van der Waals surface area contributed by atoms with Gasteiger partial charge in [-0.25, -0.2) is 0 Å². The van der Waals surface area contributed by atoms with Crippen LogP contribution in [0.4, 0.5) is 0 Å². The summed E-state index contributed by atoms with van der Waals surface area (Å²) in [5, 5.41) is 0. The molecule has 64 valence electrons. The average Bonchev–Trinajstić information content (AvgIpc) is 2.04. The second-order valence-electron chi connectivity index (χ2n) is 3.38. The molecule has 1 aromatic heterocycles. The van der Waals surface area contributed by atoms with E-state index in [0.717, 1.165) is 11.3 Å². The lowest BCUT2D eigenvalue weighted by Crippen LogP contribution is -1.96. The minimum atomic E-state index is 0.519. The Morgan fingerprint density at radius 1 is 1.50 bits per heavy atom. The van der Waals surface area contributed by atoms with E-state index in [2.05, 4.69) is 31.5 Å². The van der Waals surface area contributed by atoms with E-state index in [1.807, 2.05) is 19.2 Å². The van der Waals surface area contributed by atoms with Gasteiger partial charge in [0, 0.05) is 6.20 Å². The molecule has 0 saturated heterocycles. The molecule has 0 aliphatic carbocycles. The Labute approximate surface area is 74.2 Å². The zero-order valence-electron chi connectivity index (χ0n) is 7.96. The molecule has 1 aromatic rings. The maximum absolute atomic E-state index is 4.30. The molecule has 0 aromatic carbocycles. The third-order valence-corrected chi connectivity index (χ3v) is 1.87. The quantitative estimate of drug-likeness (QED) is 0.649. The van der Waals surface area contributed by atoms with E-state index in [9.17, 15) is 0 Å². The van der Waals surface area contributed by atoms with E-state index in [0.29, 0.717) is 5.92 Å². The number of nitrogens with zero attached hydrogens (tertiary/aromatic N) is 1. The van der Waals surface area contributed by atoms with Crippen LogP contribution in [0.2, 0.25) is 0 Å². The Morgan fingerprint density at radius 2 is 2.17 bits per heavy atom. The molecule has 0 spiro atoms. The summed E-state index contributed by atoms with van der Waals surface area (Å²) in [6.07, 6.45) is 1.82. The van der Waals surface area contributed by atoms with E-state index >= 15 is 0 Å². The second-order valence-corrected chi connectivity index (χ2v) is 3.38. The molecular formula is C11H15N. The van der Waals surface area contributed by atoms with Gasteiger partial charge < -0.3 is 0 Å². The van der Waals surface area contributed by atoms with Gasteiger partial charge in [-0.2, -0.15) is 0 Å². The number of pyridine rings is 1. The molecule has 0 N–H and O–H groups in total. The van der Waals surface area contributed by atoms with Gasteiger partial charge in [-0.15, -0.1) is 0 Å². The highest BCUT2D eigenvalue weighted by Crippen LogP contribution is 2.21. The van der Waals surface area contributed by atoms with E-state index in [1.165, 1.54) is 5.56 Å². The first-order chi connectivity index (χ1) is 5.63. The van der Waals surface area contributed by atoms with Crippen molar-refractivity contribution in [3.63, 3.8) is 0 Å². The summed E-state index contributed by atoms with van der Waals surface area (Å²) >= 11 is 0. The molecule has 1 rings (SSSR count). The molecule has 0 aliphatic rings. The smallest absolute Gasteiger partial charge is 0.0687 e. The van der Waals surface area contributed by atoms with E-state index in [1.54, 1.807) is 0 Å². The molecule has 1 heterocycles. The third-order valence-electron chi connectivity index (χ3n) is 1.87. The van der Waals surface area contributed by atoms with Gasteiger partial charge in [0.25, 0.3) is 0 Å². The Morgan fingerprint density at radius 3 is 2.58 bits per heavy atom. The lowest BCUT2D eigenvalue weighted by molar-refractivity contribution is 0.852. The Balaban J connectivity index is 3.17. The van der Waals surface area contributed by atoms with Crippen molar-refractivity contribution < 1.29 is 0 Å². The highest BCUT2D eigenvalue weighted by Gasteiger charge is 2.06. The van der Waals surface area contributed by atoms with Gasteiger partial charge in [-0.1, -0.05) is 26.5 Å². The fourth-order valence-corrected chi connectivity index (χ4v) is 1.24. The van der Waals surface area contributed by atoms with Crippen LogP contribution in [0.15, 0.2) is 24.9 Å². The zero-order valence-corrected chi connectivity index (χ0v) is 7.96. The number of aromatic nitrogens is 1. The van der Waals surface area contributed by atoms with Crippen molar-refractivity contribution in [3.8, 4) is 0 Å². The molecule has 12 heavy (non-hydrogen) atoms. The van der Waals surface area contributed by atoms with Gasteiger partial charge in [0.15, 0.2) is 0 Å². The third kappa shape index (κ3) is 1.73. The summed E-state index contributed by atoms with van der Waals surface area (Å²) in [6.45, 7) is 10.2. The van der Waals surface area contributed by atoms with Crippen molar-refractivity contribution in [1.82, 2.24) is 4.98 Å². The SMILES string of the molecule is C=C(C)c1ncccc1C(C)C. The molecule has 0 radical (unpaired) electrons. The first-order valence-electron chi connectivity index (χ1n) is 4.23. The number of rotatable bonds is 2. The summed E-state index contributed by atoms with van der Waals surface area (Å²) in [5.74, 6) is 0.519. The van der Waals surface area contributed by atoms with Crippen LogP contribution in [0, 0.1) is 0 Å². The minimum absolute atomic E-state index is 0.519. The van der Waals surface area contributed by atoms with Crippen LogP contribution in [0.1, 0.15) is 37.9 Å². The zero-order chi connectivity index (χ0) is 9.14. The predicted octanol–water partition coefficient (Wildman–Crippen LogP) is 3.24. The van der Waals surface area contributed by atoms with Crippen molar-refractivity contribution in [1.29, 1.82) is 0 Å². The Bertz CT molecular complexity index is 287. The molecule has 0 saturated carbocycles. The molecular weight excluding hydrogens is 146 g/mol. The molecule has 0 unspecified atom stereocenters. The first kappa shape index (κ1) is 8.98. The van der Waals surface area contributed by atoms with Gasteiger partial charge in [-0.05, 0) is 30.0 Å². The van der Waals surface area contributed by atoms with Crippen LogP contribution in [0.25, 0.3) is 5.57 Å². The number of hydrogen-bond acceptors (Lipinski definition) is 1. The van der Waals surface area contributed by atoms with Crippen molar-refractivity contribution in [3.05, 3.63) is 36.2 Å². The van der Waals surface area contributed by atoms with Crippen LogP contribution >= 0.6 is 0 Å². The van der Waals surface area contributed by atoms with Crippen LogP contribution in [0.5, 0.6) is 0 Å². The normalized spacial score (nSPS) is 10.3. The summed E-state index contributed by atoms with van der Waals surface area (Å²) in [4.78, 5) is 4.30. The van der Waals surface area contributed by atoms with Crippen LogP contribution in [-0.4, -0.2) is 4.98 Å². The second kappa shape index (κ2) is 3.53. The van der Waals surface area contributed by atoms with Gasteiger partial charge in [-0.3, -0.25) is 4.98 Å². The van der Waals surface area contributed by atoms with Gasteiger partial charge in [0.2, 0.25) is 0 Å². The highest BCUT2D eigenvalue weighted by molar-refractivity contribution is 5.61. The average molecular weight is 161 g/mol. The first-order valence-corrected chi connectivity index (χ1v) is 4.23. The van der Waals surface area contributed by atoms with E-state index in [-0.39, 0.29) is 0 Å².